The van der Waals surface area contributed by atoms with E-state index in [9.17, 15) is 4.79 Å². The second kappa shape index (κ2) is 4.63. The van der Waals surface area contributed by atoms with Crippen LogP contribution in [0.3, 0.4) is 0 Å². The van der Waals surface area contributed by atoms with Crippen molar-refractivity contribution in [3.63, 3.8) is 0 Å². The molecule has 17 heavy (non-hydrogen) atoms. The summed E-state index contributed by atoms with van der Waals surface area (Å²) in [5.74, 6) is -0.0412. The predicted molar refractivity (Wildman–Crippen MR) is 68.0 cm³/mol. The van der Waals surface area contributed by atoms with Gasteiger partial charge in [-0.1, -0.05) is 18.0 Å². The Morgan fingerprint density at radius 2 is 2.35 bits per heavy atom. The van der Waals surface area contributed by atoms with Gasteiger partial charge in [0.25, 0.3) is 0 Å². The number of halogens is 1. The fourth-order valence-electron chi connectivity index (χ4n) is 2.02. The lowest BCUT2D eigenvalue weighted by Crippen LogP contribution is -2.47. The van der Waals surface area contributed by atoms with Crippen LogP contribution in [0.15, 0.2) is 12.3 Å². The molecule has 1 heterocycles. The number of carbonyl (C=O) groups is 1. The smallest absolute Gasteiger partial charge is 0.231 e. The van der Waals surface area contributed by atoms with Crippen molar-refractivity contribution in [3.05, 3.63) is 23.0 Å². The quantitative estimate of drug-likeness (QED) is 0.811. The van der Waals surface area contributed by atoms with E-state index in [4.69, 9.17) is 17.3 Å². The maximum Gasteiger partial charge on any atom is 0.231 e. The van der Waals surface area contributed by atoms with E-state index in [1.54, 1.807) is 6.20 Å². The lowest BCUT2D eigenvalue weighted by atomic mass is 9.68. The van der Waals surface area contributed by atoms with Gasteiger partial charge in [0.2, 0.25) is 5.91 Å². The third kappa shape index (κ3) is 2.28. The van der Waals surface area contributed by atoms with Gasteiger partial charge in [0.1, 0.15) is 0 Å². The number of hydrogen-bond acceptors (Lipinski definition) is 3. The van der Waals surface area contributed by atoms with E-state index in [-0.39, 0.29) is 5.91 Å². The van der Waals surface area contributed by atoms with Gasteiger partial charge in [0, 0.05) is 12.7 Å². The van der Waals surface area contributed by atoms with Gasteiger partial charge in [-0.15, -0.1) is 0 Å². The minimum absolute atomic E-state index is 0.0412. The van der Waals surface area contributed by atoms with Gasteiger partial charge in [0.05, 0.1) is 11.1 Å². The number of amides is 1. The number of nitrogens with zero attached hydrogens (tertiary/aromatic N) is 1. The van der Waals surface area contributed by atoms with Gasteiger partial charge in [-0.3, -0.25) is 4.79 Å². The zero-order valence-corrected chi connectivity index (χ0v) is 10.5. The zero-order chi connectivity index (χ0) is 12.5. The first kappa shape index (κ1) is 12.3. The molecule has 1 saturated carbocycles. The van der Waals surface area contributed by atoms with Crippen LogP contribution >= 0.6 is 11.6 Å². The molecule has 0 spiro atoms. The van der Waals surface area contributed by atoms with Crippen LogP contribution in [0, 0.1) is 12.3 Å². The lowest BCUT2D eigenvalue weighted by molar-refractivity contribution is -0.129. The molecule has 0 unspecified atom stereocenters. The summed E-state index contributed by atoms with van der Waals surface area (Å²) in [6.45, 7) is 2.29. The number of aromatic nitrogens is 1. The second-order valence-corrected chi connectivity index (χ2v) is 5.00. The third-order valence-electron chi connectivity index (χ3n) is 3.41. The Morgan fingerprint density at radius 3 is 2.88 bits per heavy atom. The van der Waals surface area contributed by atoms with Crippen LogP contribution in [0.1, 0.15) is 24.8 Å². The molecule has 1 amide bonds. The molecule has 1 aliphatic carbocycles. The van der Waals surface area contributed by atoms with Crippen molar-refractivity contribution in [1.82, 2.24) is 4.98 Å². The average Bonchev–Trinajstić information content (AvgIpc) is 2.23. The maximum absolute atomic E-state index is 12.1. The molecule has 0 atom stereocenters. The SMILES string of the molecule is Cc1cnc(Cl)c(NC(=O)C2(CN)CCC2)c1. The molecular weight excluding hydrogens is 238 g/mol. The fourth-order valence-corrected chi connectivity index (χ4v) is 2.17. The zero-order valence-electron chi connectivity index (χ0n) is 9.79. The molecule has 1 aromatic rings. The van der Waals surface area contributed by atoms with Crippen molar-refractivity contribution in [2.45, 2.75) is 26.2 Å². The molecule has 92 valence electrons. The highest BCUT2D eigenvalue weighted by Gasteiger charge is 2.42. The van der Waals surface area contributed by atoms with Crippen molar-refractivity contribution in [2.24, 2.45) is 11.1 Å². The normalized spacial score (nSPS) is 17.4. The monoisotopic (exact) mass is 253 g/mol. The Kier molecular flexibility index (Phi) is 3.35. The number of pyridine rings is 1. The van der Waals surface area contributed by atoms with Gasteiger partial charge in [-0.2, -0.15) is 0 Å². The minimum atomic E-state index is -0.396. The van der Waals surface area contributed by atoms with E-state index in [1.165, 1.54) is 0 Å². The number of anilines is 1. The van der Waals surface area contributed by atoms with Gasteiger partial charge in [-0.25, -0.2) is 4.98 Å². The van der Waals surface area contributed by atoms with Gasteiger partial charge in [-0.05, 0) is 31.4 Å². The number of carbonyl (C=O) groups excluding carboxylic acids is 1. The Morgan fingerprint density at radius 1 is 1.65 bits per heavy atom. The number of hydrogen-bond donors (Lipinski definition) is 2. The topological polar surface area (TPSA) is 68.0 Å². The number of nitrogens with one attached hydrogen (secondary N) is 1. The molecule has 0 radical (unpaired) electrons. The van der Waals surface area contributed by atoms with Crippen molar-refractivity contribution in [3.8, 4) is 0 Å². The van der Waals surface area contributed by atoms with E-state index in [1.807, 2.05) is 13.0 Å². The highest BCUT2D eigenvalue weighted by Crippen LogP contribution is 2.41. The van der Waals surface area contributed by atoms with Gasteiger partial charge >= 0.3 is 0 Å². The highest BCUT2D eigenvalue weighted by atomic mass is 35.5. The average molecular weight is 254 g/mol. The van der Waals surface area contributed by atoms with E-state index in [0.29, 0.717) is 17.4 Å². The molecule has 0 saturated heterocycles. The summed E-state index contributed by atoms with van der Waals surface area (Å²) in [5, 5.41) is 3.15. The first-order chi connectivity index (χ1) is 8.07. The summed E-state index contributed by atoms with van der Waals surface area (Å²) in [4.78, 5) is 16.1. The van der Waals surface area contributed by atoms with Crippen LogP contribution in [-0.4, -0.2) is 17.4 Å². The van der Waals surface area contributed by atoms with E-state index in [2.05, 4.69) is 10.3 Å². The summed E-state index contributed by atoms with van der Waals surface area (Å²) in [6.07, 6.45) is 4.43. The summed E-state index contributed by atoms with van der Waals surface area (Å²) < 4.78 is 0. The lowest BCUT2D eigenvalue weighted by Gasteiger charge is -2.39. The molecule has 4 nitrogen and oxygen atoms in total. The Hall–Kier alpha value is -1.13. The highest BCUT2D eigenvalue weighted by molar-refractivity contribution is 6.32. The van der Waals surface area contributed by atoms with E-state index < -0.39 is 5.41 Å². The second-order valence-electron chi connectivity index (χ2n) is 4.64. The maximum atomic E-state index is 12.1. The van der Waals surface area contributed by atoms with Crippen molar-refractivity contribution < 1.29 is 4.79 Å². The molecule has 1 fully saturated rings. The molecular formula is C12H16ClN3O. The standard InChI is InChI=1S/C12H16ClN3O/c1-8-5-9(10(13)15-6-8)16-11(17)12(7-14)3-2-4-12/h5-6H,2-4,7,14H2,1H3,(H,16,17). The number of nitrogens with two attached hydrogens (primary N) is 1. The summed E-state index contributed by atoms with van der Waals surface area (Å²) in [6, 6.07) is 1.82. The first-order valence-corrected chi connectivity index (χ1v) is 6.09. The molecule has 0 aromatic carbocycles. The summed E-state index contributed by atoms with van der Waals surface area (Å²) in [7, 11) is 0. The molecule has 2 rings (SSSR count). The Bertz CT molecular complexity index is 438. The molecule has 5 heteroatoms. The predicted octanol–water partition coefficient (Wildman–Crippen LogP) is 2.11. The molecule has 0 bridgehead atoms. The summed E-state index contributed by atoms with van der Waals surface area (Å²) >= 11 is 5.94. The minimum Gasteiger partial charge on any atom is -0.329 e. The Balaban J connectivity index is 2.15. The van der Waals surface area contributed by atoms with Gasteiger partial charge < -0.3 is 11.1 Å². The van der Waals surface area contributed by atoms with Crippen molar-refractivity contribution >= 4 is 23.2 Å². The van der Waals surface area contributed by atoms with Crippen LogP contribution < -0.4 is 11.1 Å². The van der Waals surface area contributed by atoms with Gasteiger partial charge in [0.15, 0.2) is 5.15 Å². The van der Waals surface area contributed by atoms with Crippen LogP contribution in [-0.2, 0) is 4.79 Å². The van der Waals surface area contributed by atoms with Crippen LogP contribution in [0.4, 0.5) is 5.69 Å². The molecule has 1 aromatic heterocycles. The Labute approximate surface area is 106 Å². The summed E-state index contributed by atoms with van der Waals surface area (Å²) in [5.41, 5.74) is 6.81. The van der Waals surface area contributed by atoms with Crippen molar-refractivity contribution in [2.75, 3.05) is 11.9 Å². The fraction of sp³-hybridized carbons (Fsp3) is 0.500. The van der Waals surface area contributed by atoms with E-state index in [0.717, 1.165) is 24.8 Å². The number of rotatable bonds is 3. The number of aryl methyl sites for hydroxylation is 1. The van der Waals surface area contributed by atoms with Crippen molar-refractivity contribution in [1.29, 1.82) is 0 Å². The molecule has 1 aliphatic rings. The van der Waals surface area contributed by atoms with Crippen LogP contribution in [0.25, 0.3) is 0 Å². The largest absolute Gasteiger partial charge is 0.329 e. The van der Waals surface area contributed by atoms with E-state index >= 15 is 0 Å². The molecule has 0 aliphatic heterocycles. The molecule has 3 N–H and O–H groups in total. The first-order valence-electron chi connectivity index (χ1n) is 5.71. The third-order valence-corrected chi connectivity index (χ3v) is 3.71. The van der Waals surface area contributed by atoms with Crippen LogP contribution in [0.5, 0.6) is 0 Å². The van der Waals surface area contributed by atoms with Crippen LogP contribution in [0.2, 0.25) is 5.15 Å².